The molecule has 2 bridgehead atoms. The van der Waals surface area contributed by atoms with E-state index in [0.29, 0.717) is 0 Å². The van der Waals surface area contributed by atoms with Crippen molar-refractivity contribution in [3.05, 3.63) is 11.1 Å². The topological polar surface area (TPSA) is 3.24 Å². The number of halogens is 1. The number of hydrogen-bond acceptors (Lipinski definition) is 2. The highest BCUT2D eigenvalue weighted by Crippen LogP contribution is 2.34. The van der Waals surface area contributed by atoms with E-state index in [0.717, 1.165) is 26.9 Å². The Bertz CT molecular complexity index is 291. The summed E-state index contributed by atoms with van der Waals surface area (Å²) >= 11 is 13.1. The molecule has 3 rings (SSSR count). The predicted molar refractivity (Wildman–Crippen MR) is 81.7 cm³/mol. The summed E-state index contributed by atoms with van der Waals surface area (Å²) in [4.78, 5) is 2.44. The van der Waals surface area contributed by atoms with Gasteiger partial charge in [-0.25, -0.2) is 0 Å². The molecule has 0 unspecified atom stereocenters. The van der Waals surface area contributed by atoms with Gasteiger partial charge in [0.1, 0.15) is 4.32 Å². The Labute approximate surface area is 119 Å². The second-order valence-electron chi connectivity index (χ2n) is 5.16. The van der Waals surface area contributed by atoms with Crippen molar-refractivity contribution in [3.63, 3.8) is 0 Å². The molecule has 0 N–H and O–H groups in total. The molecule has 0 atom stereocenters. The standard InChI is InChI=1S/C13H20ClNS2/c1-10(14)6-7-17-13(16)15-8-11-2-3-12(9-15)5-4-11/h6,11-12H,2-5,7-9H2,1H3/b10-6-. The lowest BCUT2D eigenvalue weighted by molar-refractivity contribution is 0.326. The third-order valence-electron chi connectivity index (χ3n) is 3.75. The molecule has 3 fully saturated rings. The maximum atomic E-state index is 5.82. The fraction of sp³-hybridized carbons (Fsp3) is 0.769. The highest BCUT2D eigenvalue weighted by atomic mass is 35.5. The number of allylic oxidation sites excluding steroid dienone is 1. The maximum absolute atomic E-state index is 5.82. The van der Waals surface area contributed by atoms with Gasteiger partial charge in [-0.3, -0.25) is 0 Å². The Balaban J connectivity index is 1.85. The molecule has 2 aliphatic heterocycles. The van der Waals surface area contributed by atoms with Crippen LogP contribution in [0.5, 0.6) is 0 Å². The van der Waals surface area contributed by atoms with Crippen molar-refractivity contribution in [2.45, 2.75) is 32.6 Å². The monoisotopic (exact) mass is 289 g/mol. The fourth-order valence-corrected chi connectivity index (χ4v) is 4.09. The van der Waals surface area contributed by atoms with E-state index >= 15 is 0 Å². The molecule has 2 heterocycles. The molecular formula is C13H20ClNS2. The van der Waals surface area contributed by atoms with Crippen LogP contribution < -0.4 is 0 Å². The fourth-order valence-electron chi connectivity index (χ4n) is 2.76. The van der Waals surface area contributed by atoms with Crippen molar-refractivity contribution in [1.29, 1.82) is 0 Å². The second-order valence-corrected chi connectivity index (χ2v) is 7.41. The zero-order valence-electron chi connectivity index (χ0n) is 10.3. The number of nitrogens with zero attached hydrogens (tertiary/aromatic N) is 1. The van der Waals surface area contributed by atoms with Crippen LogP contribution in [-0.4, -0.2) is 28.1 Å². The van der Waals surface area contributed by atoms with Gasteiger partial charge in [-0.15, -0.1) is 0 Å². The van der Waals surface area contributed by atoms with Gasteiger partial charge in [-0.05, 0) is 44.4 Å². The first-order valence-electron chi connectivity index (χ1n) is 6.39. The molecule has 0 aromatic rings. The predicted octanol–water partition coefficient (Wildman–Crippen LogP) is 4.27. The van der Waals surface area contributed by atoms with Gasteiger partial charge in [0.15, 0.2) is 0 Å². The lowest BCUT2D eigenvalue weighted by Crippen LogP contribution is -2.31. The number of hydrogen-bond donors (Lipinski definition) is 0. The Morgan fingerprint density at radius 2 is 1.82 bits per heavy atom. The van der Waals surface area contributed by atoms with Crippen LogP contribution in [-0.2, 0) is 0 Å². The molecule has 0 aromatic carbocycles. The van der Waals surface area contributed by atoms with Gasteiger partial charge in [0.25, 0.3) is 0 Å². The van der Waals surface area contributed by atoms with Crippen molar-refractivity contribution < 1.29 is 0 Å². The quantitative estimate of drug-likeness (QED) is 0.699. The van der Waals surface area contributed by atoms with Crippen LogP contribution in [0.4, 0.5) is 0 Å². The van der Waals surface area contributed by atoms with Crippen molar-refractivity contribution in [2.24, 2.45) is 11.8 Å². The number of fused-ring (bicyclic) bond motifs is 4. The normalized spacial score (nSPS) is 29.3. The number of rotatable bonds is 2. The lowest BCUT2D eigenvalue weighted by atomic mass is 9.84. The van der Waals surface area contributed by atoms with Crippen LogP contribution >= 0.6 is 35.6 Å². The molecule has 2 saturated heterocycles. The van der Waals surface area contributed by atoms with Crippen LogP contribution in [0, 0.1) is 11.8 Å². The zero-order valence-corrected chi connectivity index (χ0v) is 12.7. The van der Waals surface area contributed by atoms with Crippen molar-refractivity contribution in [2.75, 3.05) is 18.8 Å². The van der Waals surface area contributed by atoms with E-state index in [1.807, 2.05) is 13.0 Å². The van der Waals surface area contributed by atoms with E-state index < -0.39 is 0 Å². The van der Waals surface area contributed by atoms with Crippen molar-refractivity contribution >= 4 is 39.9 Å². The number of thioether (sulfide) groups is 1. The lowest BCUT2D eigenvalue weighted by Gasteiger charge is -2.24. The molecule has 1 saturated carbocycles. The van der Waals surface area contributed by atoms with Gasteiger partial charge in [0, 0.05) is 23.9 Å². The minimum absolute atomic E-state index is 0.858. The van der Waals surface area contributed by atoms with Gasteiger partial charge < -0.3 is 4.90 Å². The molecule has 1 nitrogen and oxygen atoms in total. The molecular weight excluding hydrogens is 270 g/mol. The Kier molecular flexibility index (Phi) is 5.19. The average molecular weight is 290 g/mol. The summed E-state index contributed by atoms with van der Waals surface area (Å²) in [5, 5.41) is 0.858. The zero-order chi connectivity index (χ0) is 12.3. The van der Waals surface area contributed by atoms with Crippen LogP contribution in [0.1, 0.15) is 32.6 Å². The van der Waals surface area contributed by atoms with Gasteiger partial charge >= 0.3 is 0 Å². The smallest absolute Gasteiger partial charge is 0.136 e. The molecule has 0 aromatic heterocycles. The molecule has 0 radical (unpaired) electrons. The highest BCUT2D eigenvalue weighted by Gasteiger charge is 2.30. The van der Waals surface area contributed by atoms with Gasteiger partial charge in [0.2, 0.25) is 0 Å². The largest absolute Gasteiger partial charge is 0.357 e. The van der Waals surface area contributed by atoms with Crippen LogP contribution in [0.2, 0.25) is 0 Å². The first kappa shape index (κ1) is 13.7. The van der Waals surface area contributed by atoms with Gasteiger partial charge in [0.05, 0.1) is 0 Å². The summed E-state index contributed by atoms with van der Waals surface area (Å²) < 4.78 is 1.07. The maximum Gasteiger partial charge on any atom is 0.136 e. The van der Waals surface area contributed by atoms with E-state index in [4.69, 9.17) is 23.8 Å². The Hall–Kier alpha value is 0.270. The third kappa shape index (κ3) is 4.15. The van der Waals surface area contributed by atoms with Crippen LogP contribution in [0.25, 0.3) is 0 Å². The number of thiocarbonyl (C=S) groups is 1. The molecule has 17 heavy (non-hydrogen) atoms. The van der Waals surface area contributed by atoms with Gasteiger partial charge in [-0.2, -0.15) is 0 Å². The average Bonchev–Trinajstić information content (AvgIpc) is 2.61. The van der Waals surface area contributed by atoms with E-state index in [2.05, 4.69) is 4.90 Å². The highest BCUT2D eigenvalue weighted by molar-refractivity contribution is 8.23. The molecule has 0 spiro atoms. The minimum atomic E-state index is 0.858. The summed E-state index contributed by atoms with van der Waals surface area (Å²) in [6.07, 6.45) is 7.68. The van der Waals surface area contributed by atoms with E-state index in [-0.39, 0.29) is 0 Å². The molecule has 3 aliphatic rings. The van der Waals surface area contributed by atoms with Crippen LogP contribution in [0.15, 0.2) is 11.1 Å². The molecule has 1 aliphatic carbocycles. The Morgan fingerprint density at radius 1 is 1.29 bits per heavy atom. The molecule has 4 heteroatoms. The van der Waals surface area contributed by atoms with E-state index in [9.17, 15) is 0 Å². The van der Waals surface area contributed by atoms with E-state index in [1.165, 1.54) is 38.8 Å². The SMILES string of the molecule is C/C(Cl)=C/CSC(=S)N1CC2CCC(CC2)C1. The molecule has 96 valence electrons. The van der Waals surface area contributed by atoms with Gasteiger partial charge in [-0.1, -0.05) is 41.7 Å². The van der Waals surface area contributed by atoms with E-state index in [1.54, 1.807) is 11.8 Å². The van der Waals surface area contributed by atoms with Crippen molar-refractivity contribution in [3.8, 4) is 0 Å². The summed E-state index contributed by atoms with van der Waals surface area (Å²) in [5.74, 6) is 2.68. The first-order chi connectivity index (χ1) is 8.15. The minimum Gasteiger partial charge on any atom is -0.357 e. The first-order valence-corrected chi connectivity index (χ1v) is 8.16. The summed E-state index contributed by atoms with van der Waals surface area (Å²) in [6.45, 7) is 4.29. The van der Waals surface area contributed by atoms with Crippen LogP contribution in [0.3, 0.4) is 0 Å². The summed E-state index contributed by atoms with van der Waals surface area (Å²) in [5.41, 5.74) is 0. The molecule has 0 amide bonds. The summed E-state index contributed by atoms with van der Waals surface area (Å²) in [7, 11) is 0. The summed E-state index contributed by atoms with van der Waals surface area (Å²) in [6, 6.07) is 0. The van der Waals surface area contributed by atoms with Crippen molar-refractivity contribution in [1.82, 2.24) is 4.90 Å². The Morgan fingerprint density at radius 3 is 2.29 bits per heavy atom. The third-order valence-corrected chi connectivity index (χ3v) is 5.36. The second kappa shape index (κ2) is 6.44.